The summed E-state index contributed by atoms with van der Waals surface area (Å²) in [5, 5.41) is 0. The Morgan fingerprint density at radius 2 is 1.03 bits per heavy atom. The SMILES string of the molecule is C=CCOCc1ccc(-c2cccc(-c3cccc(-c4cccc(-c5ccc(C=O)cc5)n4)n3)n2)cc1. The molecule has 3 aromatic heterocycles. The highest BCUT2D eigenvalue weighted by Gasteiger charge is 2.09. The molecule has 0 radical (unpaired) electrons. The van der Waals surface area contributed by atoms with Crippen molar-refractivity contribution < 1.29 is 9.53 Å². The molecule has 0 spiro atoms. The second kappa shape index (κ2) is 11.3. The standard InChI is InChI=1S/C32H25N3O2/c1-2-20-37-22-24-14-18-26(19-15-24)28-7-4-9-30(34-28)32-11-5-10-31(35-32)29-8-3-6-27(33-29)25-16-12-23(21-36)13-17-25/h2-19,21H,1,20,22H2. The fourth-order valence-corrected chi connectivity index (χ4v) is 3.96. The van der Waals surface area contributed by atoms with Crippen LogP contribution in [0, 0.1) is 0 Å². The molecular weight excluding hydrogens is 458 g/mol. The van der Waals surface area contributed by atoms with E-state index in [1.165, 1.54) is 0 Å². The summed E-state index contributed by atoms with van der Waals surface area (Å²) in [5.74, 6) is 0. The van der Waals surface area contributed by atoms with E-state index in [1.54, 1.807) is 18.2 Å². The number of ether oxygens (including phenoxy) is 1. The van der Waals surface area contributed by atoms with E-state index in [2.05, 4.69) is 30.8 Å². The summed E-state index contributed by atoms with van der Waals surface area (Å²) in [7, 11) is 0. The van der Waals surface area contributed by atoms with Gasteiger partial charge < -0.3 is 4.74 Å². The lowest BCUT2D eigenvalue weighted by Gasteiger charge is -2.08. The Kier molecular flexibility index (Phi) is 7.34. The number of benzene rings is 2. The molecule has 0 saturated carbocycles. The van der Waals surface area contributed by atoms with Crippen LogP contribution in [-0.2, 0) is 11.3 Å². The highest BCUT2D eigenvalue weighted by atomic mass is 16.5. The molecule has 0 aliphatic carbocycles. The number of aldehydes is 1. The van der Waals surface area contributed by atoms with E-state index in [-0.39, 0.29) is 0 Å². The maximum absolute atomic E-state index is 11.0. The third kappa shape index (κ3) is 5.74. The number of hydrogen-bond donors (Lipinski definition) is 0. The average Bonchev–Trinajstić information content (AvgIpc) is 2.98. The van der Waals surface area contributed by atoms with E-state index in [1.807, 2.05) is 66.7 Å². The predicted molar refractivity (Wildman–Crippen MR) is 147 cm³/mol. The summed E-state index contributed by atoms with van der Waals surface area (Å²) < 4.78 is 5.52. The van der Waals surface area contributed by atoms with Gasteiger partial charge >= 0.3 is 0 Å². The van der Waals surface area contributed by atoms with Gasteiger partial charge in [-0.15, -0.1) is 6.58 Å². The van der Waals surface area contributed by atoms with Crippen molar-refractivity contribution in [2.45, 2.75) is 6.61 Å². The van der Waals surface area contributed by atoms with Crippen molar-refractivity contribution in [1.82, 2.24) is 15.0 Å². The Bertz CT molecular complexity index is 1530. The van der Waals surface area contributed by atoms with E-state index in [9.17, 15) is 4.79 Å². The molecule has 5 heteroatoms. The molecule has 5 nitrogen and oxygen atoms in total. The van der Waals surface area contributed by atoms with E-state index in [0.29, 0.717) is 18.8 Å². The van der Waals surface area contributed by atoms with E-state index < -0.39 is 0 Å². The first kappa shape index (κ1) is 24.0. The molecule has 0 atom stereocenters. The fourth-order valence-electron chi connectivity index (χ4n) is 3.96. The molecule has 3 heterocycles. The molecule has 37 heavy (non-hydrogen) atoms. The lowest BCUT2D eigenvalue weighted by Crippen LogP contribution is -1.95. The number of carbonyl (C=O) groups is 1. The molecule has 2 aromatic carbocycles. The van der Waals surface area contributed by atoms with Crippen LogP contribution >= 0.6 is 0 Å². The molecule has 0 aliphatic rings. The molecule has 0 unspecified atom stereocenters. The second-order valence-corrected chi connectivity index (χ2v) is 8.46. The van der Waals surface area contributed by atoms with Crippen molar-refractivity contribution in [1.29, 1.82) is 0 Å². The van der Waals surface area contributed by atoms with Crippen LogP contribution in [0.5, 0.6) is 0 Å². The first-order valence-corrected chi connectivity index (χ1v) is 12.0. The smallest absolute Gasteiger partial charge is 0.150 e. The predicted octanol–water partition coefficient (Wildman–Crippen LogP) is 7.05. The van der Waals surface area contributed by atoms with Gasteiger partial charge in [0.25, 0.3) is 0 Å². The van der Waals surface area contributed by atoms with Gasteiger partial charge in [-0.05, 0) is 42.0 Å². The molecule has 0 aliphatic heterocycles. The van der Waals surface area contributed by atoms with Gasteiger partial charge in [0.2, 0.25) is 0 Å². The van der Waals surface area contributed by atoms with Crippen LogP contribution in [0.3, 0.4) is 0 Å². The molecule has 5 rings (SSSR count). The first-order valence-electron chi connectivity index (χ1n) is 12.0. The van der Waals surface area contributed by atoms with Gasteiger partial charge in [0.1, 0.15) is 6.29 Å². The van der Waals surface area contributed by atoms with Crippen molar-refractivity contribution in [2.24, 2.45) is 0 Å². The van der Waals surface area contributed by atoms with Crippen LogP contribution in [0.25, 0.3) is 45.3 Å². The van der Waals surface area contributed by atoms with Crippen molar-refractivity contribution >= 4 is 6.29 Å². The Morgan fingerprint density at radius 3 is 1.49 bits per heavy atom. The fraction of sp³-hybridized carbons (Fsp3) is 0.0625. The highest BCUT2D eigenvalue weighted by molar-refractivity contribution is 5.76. The summed E-state index contributed by atoms with van der Waals surface area (Å²) in [5.41, 5.74) is 8.50. The minimum absolute atomic E-state index is 0.533. The summed E-state index contributed by atoms with van der Waals surface area (Å²) in [6.07, 6.45) is 2.58. The summed E-state index contributed by atoms with van der Waals surface area (Å²) in [6.45, 7) is 4.76. The molecular formula is C32H25N3O2. The van der Waals surface area contributed by atoms with E-state index >= 15 is 0 Å². The van der Waals surface area contributed by atoms with Crippen LogP contribution in [0.4, 0.5) is 0 Å². The maximum atomic E-state index is 11.0. The monoisotopic (exact) mass is 483 g/mol. The molecule has 0 fully saturated rings. The van der Waals surface area contributed by atoms with E-state index in [0.717, 1.165) is 57.1 Å². The topological polar surface area (TPSA) is 65.0 Å². The van der Waals surface area contributed by atoms with Crippen molar-refractivity contribution in [3.63, 3.8) is 0 Å². The van der Waals surface area contributed by atoms with Crippen molar-refractivity contribution in [3.05, 3.63) is 127 Å². The first-order chi connectivity index (χ1) is 18.2. The van der Waals surface area contributed by atoms with Gasteiger partial charge in [-0.3, -0.25) is 4.79 Å². The second-order valence-electron chi connectivity index (χ2n) is 8.46. The zero-order valence-electron chi connectivity index (χ0n) is 20.2. The quantitative estimate of drug-likeness (QED) is 0.128. The molecule has 5 aromatic rings. The minimum Gasteiger partial charge on any atom is -0.373 e. The molecule has 0 bridgehead atoms. The maximum Gasteiger partial charge on any atom is 0.150 e. The number of hydrogen-bond acceptors (Lipinski definition) is 5. The lowest BCUT2D eigenvalue weighted by molar-refractivity contribution is 0.112. The van der Waals surface area contributed by atoms with Crippen molar-refractivity contribution in [2.75, 3.05) is 6.61 Å². The number of pyridine rings is 3. The van der Waals surface area contributed by atoms with Gasteiger partial charge in [0, 0.05) is 16.7 Å². The number of carbonyl (C=O) groups excluding carboxylic acids is 1. The highest BCUT2D eigenvalue weighted by Crippen LogP contribution is 2.26. The van der Waals surface area contributed by atoms with E-state index in [4.69, 9.17) is 19.7 Å². The molecule has 0 saturated heterocycles. The molecule has 0 N–H and O–H groups in total. The van der Waals surface area contributed by atoms with Gasteiger partial charge in [0.05, 0.1) is 47.4 Å². The average molecular weight is 484 g/mol. The lowest BCUT2D eigenvalue weighted by atomic mass is 10.1. The molecule has 0 amide bonds. The van der Waals surface area contributed by atoms with Gasteiger partial charge in [-0.1, -0.05) is 72.8 Å². The molecule has 180 valence electrons. The van der Waals surface area contributed by atoms with Crippen LogP contribution < -0.4 is 0 Å². The van der Waals surface area contributed by atoms with Crippen molar-refractivity contribution in [3.8, 4) is 45.3 Å². The third-order valence-corrected chi connectivity index (χ3v) is 5.87. The number of aromatic nitrogens is 3. The Morgan fingerprint density at radius 1 is 0.595 bits per heavy atom. The zero-order valence-corrected chi connectivity index (χ0v) is 20.2. The van der Waals surface area contributed by atoms with Crippen LogP contribution in [0.1, 0.15) is 15.9 Å². The zero-order chi connectivity index (χ0) is 25.5. The minimum atomic E-state index is 0.533. The van der Waals surface area contributed by atoms with Gasteiger partial charge in [-0.25, -0.2) is 15.0 Å². The Labute approximate surface area is 216 Å². The Hall–Kier alpha value is -4.74. The van der Waals surface area contributed by atoms with Crippen LogP contribution in [0.15, 0.2) is 116 Å². The Balaban J connectivity index is 1.40. The summed E-state index contributed by atoms with van der Waals surface area (Å²) >= 11 is 0. The third-order valence-electron chi connectivity index (χ3n) is 5.87. The normalized spacial score (nSPS) is 10.7. The summed E-state index contributed by atoms with van der Waals surface area (Å²) in [4.78, 5) is 25.5. The number of rotatable bonds is 9. The summed E-state index contributed by atoms with van der Waals surface area (Å²) in [6, 6.07) is 33.3. The van der Waals surface area contributed by atoms with Gasteiger partial charge in [-0.2, -0.15) is 0 Å². The van der Waals surface area contributed by atoms with Crippen LogP contribution in [-0.4, -0.2) is 27.8 Å². The number of nitrogens with zero attached hydrogens (tertiary/aromatic N) is 3. The van der Waals surface area contributed by atoms with Crippen LogP contribution in [0.2, 0.25) is 0 Å². The van der Waals surface area contributed by atoms with Gasteiger partial charge in [0.15, 0.2) is 0 Å². The largest absolute Gasteiger partial charge is 0.373 e.